The zero-order valence-electron chi connectivity index (χ0n) is 18.5. The minimum atomic E-state index is -0.600. The van der Waals surface area contributed by atoms with Crippen molar-refractivity contribution in [2.24, 2.45) is 4.99 Å². The second-order valence-electron chi connectivity index (χ2n) is 7.94. The number of aliphatic imine (C=N–C) groups is 1. The Balaban J connectivity index is 1.42. The molecule has 35 heavy (non-hydrogen) atoms. The van der Waals surface area contributed by atoms with Crippen molar-refractivity contribution >= 4 is 34.1 Å². The van der Waals surface area contributed by atoms with Gasteiger partial charge in [0.1, 0.15) is 41.7 Å². The van der Waals surface area contributed by atoms with E-state index in [1.165, 1.54) is 5.39 Å². The number of ether oxygens (including phenoxy) is 1. The predicted molar refractivity (Wildman–Crippen MR) is 134 cm³/mol. The number of hydrogen-bond acceptors (Lipinski definition) is 9. The van der Waals surface area contributed by atoms with Crippen LogP contribution in [0.4, 0.5) is 17.3 Å². The van der Waals surface area contributed by atoms with Crippen LogP contribution in [0.1, 0.15) is 28.3 Å². The third-order valence-corrected chi connectivity index (χ3v) is 5.77. The molecule has 0 amide bonds. The molecule has 5 rings (SSSR count). The Morgan fingerprint density at radius 1 is 1.00 bits per heavy atom. The molecule has 9 heteroatoms. The normalized spacial score (nSPS) is 14.1. The number of guanidine groups is 1. The van der Waals surface area contributed by atoms with E-state index in [1.807, 2.05) is 48.7 Å². The minimum absolute atomic E-state index is 0.00523. The first-order valence-corrected chi connectivity index (χ1v) is 10.8. The van der Waals surface area contributed by atoms with Gasteiger partial charge in [0.15, 0.2) is 6.19 Å². The number of benzene rings is 3. The first-order chi connectivity index (χ1) is 17.1. The van der Waals surface area contributed by atoms with E-state index >= 15 is 0 Å². The summed E-state index contributed by atoms with van der Waals surface area (Å²) < 4.78 is 5.99. The van der Waals surface area contributed by atoms with Gasteiger partial charge < -0.3 is 21.5 Å². The fraction of sp³-hybridized carbons (Fsp3) is 0.0769. The van der Waals surface area contributed by atoms with Crippen molar-refractivity contribution in [2.45, 2.75) is 12.6 Å². The number of nitrogens with zero attached hydrogens (tertiary/aromatic N) is 4. The average Bonchev–Trinajstić information content (AvgIpc) is 2.87. The SMILES string of the molecule is N#CNC1=NC(c2ccc(OCc3ccc4ccccc4c3)cc2)c2c(nc(N)c(C#N)c2N)N1. The van der Waals surface area contributed by atoms with E-state index in [0.29, 0.717) is 23.7 Å². The number of fused-ring (bicyclic) bond motifs is 2. The zero-order valence-corrected chi connectivity index (χ0v) is 18.5. The van der Waals surface area contributed by atoms with Crippen molar-refractivity contribution in [3.8, 4) is 18.0 Å². The monoisotopic (exact) mass is 460 g/mol. The van der Waals surface area contributed by atoms with Crippen molar-refractivity contribution in [3.63, 3.8) is 0 Å². The first kappa shape index (κ1) is 21.6. The number of nitrogens with one attached hydrogen (secondary N) is 2. The van der Waals surface area contributed by atoms with Crippen LogP contribution in [-0.2, 0) is 6.61 Å². The standard InChI is InChI=1S/C26H20N8O/c27-12-20-22(29)21-23(32-26(31-14-28)34-25(21)33-24(20)30)17-7-9-19(10-8-17)35-13-15-5-6-16-3-1-2-4-18(16)11-15/h1-11,23H,13H2,(H6,29,30,31,32,33,34). The van der Waals surface area contributed by atoms with Crippen LogP contribution in [0, 0.1) is 22.8 Å². The van der Waals surface area contributed by atoms with Crippen LogP contribution >= 0.6 is 0 Å². The summed E-state index contributed by atoms with van der Waals surface area (Å²) in [4.78, 5) is 8.83. The number of anilines is 3. The molecule has 2 heterocycles. The predicted octanol–water partition coefficient (Wildman–Crippen LogP) is 3.79. The fourth-order valence-corrected chi connectivity index (χ4v) is 4.06. The molecule has 1 unspecified atom stereocenters. The number of nitrogen functional groups attached to an aromatic ring is 2. The molecule has 0 saturated carbocycles. The van der Waals surface area contributed by atoms with Crippen LogP contribution in [0.3, 0.4) is 0 Å². The summed E-state index contributed by atoms with van der Waals surface area (Å²) in [6.45, 7) is 0.427. The molecule has 4 aromatic rings. The topological polar surface area (TPSA) is 158 Å². The van der Waals surface area contributed by atoms with Crippen molar-refractivity contribution < 1.29 is 4.74 Å². The molecule has 1 aliphatic rings. The Labute approximate surface area is 201 Å². The third-order valence-electron chi connectivity index (χ3n) is 5.77. The summed E-state index contributed by atoms with van der Waals surface area (Å²) in [5.74, 6) is 1.24. The molecule has 1 aliphatic heterocycles. The van der Waals surface area contributed by atoms with Crippen molar-refractivity contribution in [2.75, 3.05) is 16.8 Å². The van der Waals surface area contributed by atoms with Gasteiger partial charge in [-0.1, -0.05) is 48.5 Å². The highest BCUT2D eigenvalue weighted by Gasteiger charge is 2.29. The lowest BCUT2D eigenvalue weighted by molar-refractivity contribution is 0.306. The Morgan fingerprint density at radius 2 is 1.77 bits per heavy atom. The molecule has 0 bridgehead atoms. The molecule has 1 atom stereocenters. The molecule has 0 spiro atoms. The van der Waals surface area contributed by atoms with Crippen LogP contribution in [0.25, 0.3) is 10.8 Å². The summed E-state index contributed by atoms with van der Waals surface area (Å²) in [6, 6.07) is 23.2. The van der Waals surface area contributed by atoms with Gasteiger partial charge in [0, 0.05) is 5.56 Å². The smallest absolute Gasteiger partial charge is 0.211 e. The van der Waals surface area contributed by atoms with Gasteiger partial charge in [0.2, 0.25) is 5.96 Å². The molecule has 0 fully saturated rings. The van der Waals surface area contributed by atoms with Gasteiger partial charge >= 0.3 is 0 Å². The van der Waals surface area contributed by atoms with E-state index in [1.54, 1.807) is 0 Å². The molecule has 6 N–H and O–H groups in total. The summed E-state index contributed by atoms with van der Waals surface area (Å²) in [6.07, 6.45) is 1.84. The van der Waals surface area contributed by atoms with Gasteiger partial charge in [-0.15, -0.1) is 0 Å². The Kier molecular flexibility index (Phi) is 5.50. The summed E-state index contributed by atoms with van der Waals surface area (Å²) in [7, 11) is 0. The van der Waals surface area contributed by atoms with Crippen LogP contribution < -0.4 is 26.8 Å². The summed E-state index contributed by atoms with van der Waals surface area (Å²) >= 11 is 0. The van der Waals surface area contributed by atoms with Crippen molar-refractivity contribution in [1.29, 1.82) is 10.5 Å². The Hall–Kier alpha value is -5.28. The highest BCUT2D eigenvalue weighted by Crippen LogP contribution is 2.40. The van der Waals surface area contributed by atoms with Gasteiger partial charge in [-0.2, -0.15) is 10.5 Å². The number of aromatic nitrogens is 1. The molecule has 1 aromatic heterocycles. The lowest BCUT2D eigenvalue weighted by Gasteiger charge is -2.26. The second-order valence-corrected chi connectivity index (χ2v) is 7.94. The average molecular weight is 461 g/mol. The largest absolute Gasteiger partial charge is 0.489 e. The lowest BCUT2D eigenvalue weighted by Crippen LogP contribution is -2.32. The molecule has 170 valence electrons. The quantitative estimate of drug-likeness (QED) is 0.264. The van der Waals surface area contributed by atoms with Gasteiger partial charge in [0.25, 0.3) is 0 Å². The minimum Gasteiger partial charge on any atom is -0.489 e. The van der Waals surface area contributed by atoms with Crippen LogP contribution in [0.15, 0.2) is 71.7 Å². The summed E-state index contributed by atoms with van der Waals surface area (Å²) in [5.41, 5.74) is 14.8. The molecular weight excluding hydrogens is 440 g/mol. The van der Waals surface area contributed by atoms with Crippen molar-refractivity contribution in [1.82, 2.24) is 10.3 Å². The van der Waals surface area contributed by atoms with Crippen LogP contribution in [0.5, 0.6) is 5.75 Å². The molecule has 3 aromatic carbocycles. The Bertz CT molecular complexity index is 1550. The third kappa shape index (κ3) is 4.10. The highest BCUT2D eigenvalue weighted by atomic mass is 16.5. The van der Waals surface area contributed by atoms with E-state index in [-0.39, 0.29) is 23.0 Å². The number of pyridine rings is 1. The van der Waals surface area contributed by atoms with E-state index < -0.39 is 6.04 Å². The van der Waals surface area contributed by atoms with Gasteiger partial charge in [-0.05, 0) is 40.1 Å². The van der Waals surface area contributed by atoms with E-state index in [4.69, 9.17) is 21.5 Å². The first-order valence-electron chi connectivity index (χ1n) is 10.8. The van der Waals surface area contributed by atoms with Gasteiger partial charge in [-0.3, -0.25) is 5.32 Å². The maximum atomic E-state index is 9.46. The second kappa shape index (κ2) is 8.93. The maximum absolute atomic E-state index is 9.46. The molecule has 0 radical (unpaired) electrons. The molecule has 9 nitrogen and oxygen atoms in total. The Morgan fingerprint density at radius 3 is 2.51 bits per heavy atom. The fourth-order valence-electron chi connectivity index (χ4n) is 4.06. The summed E-state index contributed by atoms with van der Waals surface area (Å²) in [5, 5.41) is 26.3. The number of nitriles is 2. The zero-order chi connectivity index (χ0) is 24.4. The van der Waals surface area contributed by atoms with Gasteiger partial charge in [-0.25, -0.2) is 9.98 Å². The maximum Gasteiger partial charge on any atom is 0.211 e. The van der Waals surface area contributed by atoms with Crippen LogP contribution in [0.2, 0.25) is 0 Å². The van der Waals surface area contributed by atoms with E-state index in [2.05, 4.69) is 50.9 Å². The van der Waals surface area contributed by atoms with Crippen LogP contribution in [-0.4, -0.2) is 10.9 Å². The number of rotatable bonds is 4. The molecule has 0 aliphatic carbocycles. The lowest BCUT2D eigenvalue weighted by atomic mass is 9.95. The highest BCUT2D eigenvalue weighted by molar-refractivity contribution is 5.98. The van der Waals surface area contributed by atoms with E-state index in [0.717, 1.165) is 16.5 Å². The molecule has 0 saturated heterocycles. The van der Waals surface area contributed by atoms with E-state index in [9.17, 15) is 5.26 Å². The van der Waals surface area contributed by atoms with Crippen molar-refractivity contribution in [3.05, 3.63) is 89.0 Å². The number of hydrogen-bond donors (Lipinski definition) is 4. The number of nitrogens with two attached hydrogens (primary N) is 2. The van der Waals surface area contributed by atoms with Gasteiger partial charge in [0.05, 0.1) is 5.69 Å². The molecular formula is C26H20N8O.